The van der Waals surface area contributed by atoms with Crippen molar-refractivity contribution in [3.63, 3.8) is 0 Å². The van der Waals surface area contributed by atoms with Gasteiger partial charge in [0.2, 0.25) is 0 Å². The summed E-state index contributed by atoms with van der Waals surface area (Å²) in [6, 6.07) is 0. The summed E-state index contributed by atoms with van der Waals surface area (Å²) in [4.78, 5) is 0. The normalized spacial score (nSPS) is 4.00. The maximum atomic E-state index is 3.42. The van der Waals surface area contributed by atoms with Gasteiger partial charge in [0.15, 0.2) is 0 Å². The van der Waals surface area contributed by atoms with Crippen molar-refractivity contribution in [1.82, 2.24) is 0 Å². The van der Waals surface area contributed by atoms with Gasteiger partial charge in [-0.3, -0.25) is 0 Å². The Bertz CT molecular complexity index is 13.5. The van der Waals surface area contributed by atoms with E-state index in [0.717, 1.165) is 10.2 Å². The number of hydrogen-bond acceptors (Lipinski definition) is 0. The van der Waals surface area contributed by atoms with Crippen molar-refractivity contribution < 1.29 is 19.5 Å². The molecule has 0 aliphatic carbocycles. The Morgan fingerprint density at radius 3 is 1.75 bits per heavy atom. The Labute approximate surface area is 42.5 Å². The second-order valence-corrected chi connectivity index (χ2v) is 1.22. The van der Waals surface area contributed by atoms with E-state index >= 15 is 0 Å². The monoisotopic (exact) mass is 122 g/mol. The van der Waals surface area contributed by atoms with Crippen molar-refractivity contribution in [1.29, 1.82) is 0 Å². The first-order valence-corrected chi connectivity index (χ1v) is 2.14. The average molecular weight is 124 g/mol. The average Bonchev–Trinajstić information content (AvgIpc) is 0.918. The molecule has 0 spiro atoms. The van der Waals surface area contributed by atoms with E-state index in [0.29, 0.717) is 0 Å². The molecular weight excluding hydrogens is 117 g/mol. The minimum Gasteiger partial charge on any atom is -0.112 e. The maximum Gasteiger partial charge on any atom is 0.0283 e. The summed E-state index contributed by atoms with van der Waals surface area (Å²) >= 11 is 0. The largest absolute Gasteiger partial charge is 0.112 e. The van der Waals surface area contributed by atoms with Crippen LogP contribution in [0, 0.1) is 0 Å². The van der Waals surface area contributed by atoms with Gasteiger partial charge in [0, 0.05) is 29.7 Å². The van der Waals surface area contributed by atoms with Crippen molar-refractivity contribution in [3.05, 3.63) is 12.3 Å². The van der Waals surface area contributed by atoms with E-state index in [1.165, 1.54) is 0 Å². The van der Waals surface area contributed by atoms with E-state index in [9.17, 15) is 0 Å². The Morgan fingerprint density at radius 1 is 1.75 bits per heavy atom. The first-order chi connectivity index (χ1) is 1.41. The Morgan fingerprint density at radius 2 is 1.75 bits per heavy atom. The summed E-state index contributed by atoms with van der Waals surface area (Å²) in [6.07, 6.45) is 0. The van der Waals surface area contributed by atoms with Gasteiger partial charge in [-0.1, -0.05) is 0 Å². The molecule has 0 rings (SSSR count). The van der Waals surface area contributed by atoms with E-state index in [4.69, 9.17) is 0 Å². The van der Waals surface area contributed by atoms with Crippen molar-refractivity contribution in [2.75, 3.05) is 0 Å². The van der Waals surface area contributed by atoms with E-state index < -0.39 is 0 Å². The molecular formula is C2H6SiZn. The molecule has 0 aromatic heterocycles. The molecule has 20 valence electrons. The zero-order valence-corrected chi connectivity index (χ0v) is 7.96. The van der Waals surface area contributed by atoms with Crippen LogP contribution >= 0.6 is 0 Å². The van der Waals surface area contributed by atoms with Crippen molar-refractivity contribution in [2.45, 2.75) is 0 Å². The molecule has 0 fully saturated rings. The molecule has 0 aromatic rings. The third kappa shape index (κ3) is 19.1. The molecule has 0 aliphatic rings. The standard InChI is InChI=1S/C2H6Si.Zn/c1-2-3;/h2H,1H2,3H3;. The van der Waals surface area contributed by atoms with Crippen molar-refractivity contribution in [3.8, 4) is 0 Å². The van der Waals surface area contributed by atoms with Crippen LogP contribution in [0.25, 0.3) is 0 Å². The second-order valence-electron chi connectivity index (χ2n) is 0.408. The summed E-state index contributed by atoms with van der Waals surface area (Å²) in [5, 5.41) is 0. The van der Waals surface area contributed by atoms with Crippen LogP contribution in [0.1, 0.15) is 0 Å². The zero-order valence-electron chi connectivity index (χ0n) is 2.99. The van der Waals surface area contributed by atoms with Crippen molar-refractivity contribution in [2.24, 2.45) is 0 Å². The molecule has 0 radical (unpaired) electrons. The molecule has 0 aliphatic heterocycles. The smallest absolute Gasteiger partial charge is 0.0283 e. The van der Waals surface area contributed by atoms with Gasteiger partial charge in [0.25, 0.3) is 0 Å². The minimum atomic E-state index is 0. The zero-order chi connectivity index (χ0) is 2.71. The fraction of sp³-hybridized carbons (Fsp3) is 0. The molecule has 0 nitrogen and oxygen atoms in total. The van der Waals surface area contributed by atoms with Gasteiger partial charge in [0.1, 0.15) is 0 Å². The van der Waals surface area contributed by atoms with E-state index in [2.05, 4.69) is 6.58 Å². The Hall–Kier alpha value is 0.580. The second kappa shape index (κ2) is 9.55. The molecule has 0 heterocycles. The summed E-state index contributed by atoms with van der Waals surface area (Å²) in [7, 11) is 1.13. The van der Waals surface area contributed by atoms with E-state index in [1.807, 2.05) is 5.70 Å². The number of rotatable bonds is 0. The molecule has 0 amide bonds. The molecule has 0 N–H and O–H groups in total. The predicted octanol–water partition coefficient (Wildman–Crippen LogP) is -0.507. The van der Waals surface area contributed by atoms with Crippen LogP contribution < -0.4 is 0 Å². The summed E-state index contributed by atoms with van der Waals surface area (Å²) in [6.45, 7) is 3.42. The fourth-order valence-electron chi connectivity index (χ4n) is 0. The van der Waals surface area contributed by atoms with E-state index in [-0.39, 0.29) is 19.5 Å². The molecule has 0 saturated carbocycles. The van der Waals surface area contributed by atoms with Crippen LogP contribution in [0.2, 0.25) is 0 Å². The topological polar surface area (TPSA) is 0 Å². The van der Waals surface area contributed by atoms with Gasteiger partial charge in [-0.2, -0.15) is 0 Å². The minimum absolute atomic E-state index is 0. The van der Waals surface area contributed by atoms with Crippen LogP contribution in [0.5, 0.6) is 0 Å². The maximum absolute atomic E-state index is 3.42. The van der Waals surface area contributed by atoms with Crippen LogP contribution in [-0.4, -0.2) is 10.2 Å². The summed E-state index contributed by atoms with van der Waals surface area (Å²) < 4.78 is 0. The number of hydrogen-bond donors (Lipinski definition) is 0. The molecule has 0 atom stereocenters. The molecule has 0 unspecified atom stereocenters. The molecule has 0 aromatic carbocycles. The van der Waals surface area contributed by atoms with Gasteiger partial charge in [0.05, 0.1) is 0 Å². The molecule has 0 saturated heterocycles. The molecule has 2 heteroatoms. The summed E-state index contributed by atoms with van der Waals surface area (Å²) in [5.74, 6) is 0. The van der Waals surface area contributed by atoms with Crippen LogP contribution in [0.4, 0.5) is 0 Å². The third-order valence-electron chi connectivity index (χ3n) is 0. The Balaban J connectivity index is 0. The summed E-state index contributed by atoms with van der Waals surface area (Å²) in [5.41, 5.74) is 1.89. The van der Waals surface area contributed by atoms with Gasteiger partial charge in [-0.05, 0) is 0 Å². The van der Waals surface area contributed by atoms with Crippen molar-refractivity contribution >= 4 is 10.2 Å². The third-order valence-corrected chi connectivity index (χ3v) is 0. The van der Waals surface area contributed by atoms with E-state index in [1.54, 1.807) is 0 Å². The SMILES string of the molecule is C=C[SiH3].[Zn]. The molecule has 4 heavy (non-hydrogen) atoms. The van der Waals surface area contributed by atoms with Crippen LogP contribution in [0.15, 0.2) is 12.3 Å². The van der Waals surface area contributed by atoms with Crippen LogP contribution in [-0.2, 0) is 19.5 Å². The van der Waals surface area contributed by atoms with Crippen LogP contribution in [0.3, 0.4) is 0 Å². The van der Waals surface area contributed by atoms with Gasteiger partial charge in [-0.25, -0.2) is 0 Å². The van der Waals surface area contributed by atoms with Gasteiger partial charge < -0.3 is 0 Å². The predicted molar refractivity (Wildman–Crippen MR) is 20.1 cm³/mol. The quantitative estimate of drug-likeness (QED) is 0.381. The fourth-order valence-corrected chi connectivity index (χ4v) is 0. The Kier molecular flexibility index (Phi) is 21.0. The van der Waals surface area contributed by atoms with Gasteiger partial charge >= 0.3 is 0 Å². The van der Waals surface area contributed by atoms with Gasteiger partial charge in [-0.15, -0.1) is 12.3 Å². The molecule has 0 bridgehead atoms. The first-order valence-electron chi connectivity index (χ1n) is 0.986. The first kappa shape index (κ1) is 8.82.